The molecule has 0 unspecified atom stereocenters. The Morgan fingerprint density at radius 2 is 2.18 bits per heavy atom. The van der Waals surface area contributed by atoms with Gasteiger partial charge in [0.05, 0.1) is 6.61 Å². The van der Waals surface area contributed by atoms with Crippen LogP contribution in [0.1, 0.15) is 26.2 Å². The lowest BCUT2D eigenvalue weighted by atomic mass is 10.3. The summed E-state index contributed by atoms with van der Waals surface area (Å²) in [5.74, 6) is 4.97. The predicted molar refractivity (Wildman–Crippen MR) is 55.7 cm³/mol. The van der Waals surface area contributed by atoms with E-state index in [1.807, 2.05) is 0 Å². The van der Waals surface area contributed by atoms with Gasteiger partial charge in [-0.2, -0.15) is 0 Å². The van der Waals surface area contributed by atoms with Crippen LogP contribution in [0.4, 0.5) is 0 Å². The SMILES string of the molecule is Br.CCCCCOC(=S)NN. The zero-order valence-corrected chi connectivity index (χ0v) is 9.16. The Bertz CT molecular complexity index is 103. The van der Waals surface area contributed by atoms with Crippen molar-refractivity contribution in [1.82, 2.24) is 5.43 Å². The van der Waals surface area contributed by atoms with Crippen molar-refractivity contribution in [1.29, 1.82) is 0 Å². The topological polar surface area (TPSA) is 47.3 Å². The Morgan fingerprint density at radius 1 is 1.55 bits per heavy atom. The van der Waals surface area contributed by atoms with Crippen LogP contribution in [-0.4, -0.2) is 11.8 Å². The molecule has 0 aliphatic carbocycles. The second-order valence-electron chi connectivity index (χ2n) is 1.99. The van der Waals surface area contributed by atoms with Crippen LogP contribution in [0.5, 0.6) is 0 Å². The zero-order chi connectivity index (χ0) is 7.82. The largest absolute Gasteiger partial charge is 0.470 e. The van der Waals surface area contributed by atoms with Gasteiger partial charge in [0, 0.05) is 0 Å². The first-order chi connectivity index (χ1) is 4.81. The lowest BCUT2D eigenvalue weighted by molar-refractivity contribution is 0.288. The standard InChI is InChI=1S/C6H14N2OS.BrH/c1-2-3-4-5-9-6(10)8-7;/h2-5,7H2,1H3,(H,8,10);1H. The Labute approximate surface area is 83.4 Å². The van der Waals surface area contributed by atoms with Gasteiger partial charge in [-0.1, -0.05) is 19.8 Å². The highest BCUT2D eigenvalue weighted by Gasteiger charge is 1.90. The predicted octanol–water partition coefficient (Wildman–Crippen LogP) is 1.52. The molecule has 0 saturated carbocycles. The number of hydrogen-bond donors (Lipinski definition) is 2. The lowest BCUT2D eigenvalue weighted by Gasteiger charge is -2.04. The van der Waals surface area contributed by atoms with Crippen LogP contribution in [0.15, 0.2) is 0 Å². The normalized spacial score (nSPS) is 8.18. The fourth-order valence-electron chi connectivity index (χ4n) is 0.559. The van der Waals surface area contributed by atoms with E-state index in [-0.39, 0.29) is 22.2 Å². The second kappa shape index (κ2) is 10.1. The smallest absolute Gasteiger partial charge is 0.271 e. The molecule has 0 atom stereocenters. The summed E-state index contributed by atoms with van der Waals surface area (Å²) in [7, 11) is 0. The van der Waals surface area contributed by atoms with Crippen LogP contribution in [0, 0.1) is 0 Å². The van der Waals surface area contributed by atoms with E-state index >= 15 is 0 Å². The summed E-state index contributed by atoms with van der Waals surface area (Å²) in [6.45, 7) is 2.80. The summed E-state index contributed by atoms with van der Waals surface area (Å²) in [6, 6.07) is 0. The molecule has 0 saturated heterocycles. The Kier molecular flexibility index (Phi) is 12.6. The molecule has 0 aliphatic rings. The number of hydrogen-bond acceptors (Lipinski definition) is 3. The fourth-order valence-corrected chi connectivity index (χ4v) is 0.642. The molecule has 0 aromatic rings. The minimum absolute atomic E-state index is 0. The van der Waals surface area contributed by atoms with Crippen LogP contribution in [0.3, 0.4) is 0 Å². The van der Waals surface area contributed by atoms with E-state index in [0.29, 0.717) is 6.61 Å². The number of unbranched alkanes of at least 4 members (excludes halogenated alkanes) is 2. The average Bonchev–Trinajstić information content (AvgIpc) is 1.98. The number of nitrogens with two attached hydrogens (primary N) is 1. The third-order valence-corrected chi connectivity index (χ3v) is 1.33. The molecule has 11 heavy (non-hydrogen) atoms. The molecule has 0 aliphatic heterocycles. The van der Waals surface area contributed by atoms with Crippen LogP contribution in [-0.2, 0) is 4.74 Å². The Hall–Kier alpha value is 0.130. The van der Waals surface area contributed by atoms with E-state index < -0.39 is 0 Å². The van der Waals surface area contributed by atoms with E-state index in [2.05, 4.69) is 24.6 Å². The molecule has 0 spiro atoms. The molecular formula is C6H15BrN2OS. The zero-order valence-electron chi connectivity index (χ0n) is 6.63. The summed E-state index contributed by atoms with van der Waals surface area (Å²) in [4.78, 5) is 0. The Morgan fingerprint density at radius 3 is 2.64 bits per heavy atom. The monoisotopic (exact) mass is 242 g/mol. The minimum atomic E-state index is 0. The van der Waals surface area contributed by atoms with Gasteiger partial charge in [0.1, 0.15) is 0 Å². The van der Waals surface area contributed by atoms with Crippen molar-refractivity contribution >= 4 is 34.4 Å². The summed E-state index contributed by atoms with van der Waals surface area (Å²) in [5, 5.41) is 0.274. The number of nitrogens with one attached hydrogen (secondary N) is 1. The number of thiocarbonyl (C=S) groups is 1. The van der Waals surface area contributed by atoms with Gasteiger partial charge in [0.15, 0.2) is 0 Å². The van der Waals surface area contributed by atoms with Gasteiger partial charge in [0.25, 0.3) is 5.17 Å². The van der Waals surface area contributed by atoms with Crippen molar-refractivity contribution in [2.45, 2.75) is 26.2 Å². The van der Waals surface area contributed by atoms with Crippen LogP contribution in [0.2, 0.25) is 0 Å². The number of rotatable bonds is 4. The molecule has 0 fully saturated rings. The van der Waals surface area contributed by atoms with Crippen molar-refractivity contribution < 1.29 is 4.74 Å². The maximum Gasteiger partial charge on any atom is 0.271 e. The highest BCUT2D eigenvalue weighted by atomic mass is 79.9. The molecule has 0 aromatic heterocycles. The number of ether oxygens (including phenoxy) is 1. The van der Waals surface area contributed by atoms with Gasteiger partial charge in [-0.25, -0.2) is 5.84 Å². The second-order valence-corrected chi connectivity index (χ2v) is 2.36. The number of hydrazine groups is 1. The van der Waals surface area contributed by atoms with Gasteiger partial charge in [-0.15, -0.1) is 17.0 Å². The fraction of sp³-hybridized carbons (Fsp3) is 0.833. The lowest BCUT2D eigenvalue weighted by Crippen LogP contribution is -2.30. The molecule has 5 heteroatoms. The minimum Gasteiger partial charge on any atom is -0.470 e. The molecule has 0 radical (unpaired) electrons. The van der Waals surface area contributed by atoms with Gasteiger partial charge in [-0.05, 0) is 18.6 Å². The van der Waals surface area contributed by atoms with Gasteiger partial charge in [0.2, 0.25) is 0 Å². The van der Waals surface area contributed by atoms with Crippen LogP contribution >= 0.6 is 29.2 Å². The Balaban J connectivity index is 0. The van der Waals surface area contributed by atoms with E-state index in [1.165, 1.54) is 12.8 Å². The van der Waals surface area contributed by atoms with E-state index in [1.54, 1.807) is 0 Å². The van der Waals surface area contributed by atoms with E-state index in [9.17, 15) is 0 Å². The maximum absolute atomic E-state index is 4.99. The average molecular weight is 243 g/mol. The molecule has 0 heterocycles. The first-order valence-corrected chi connectivity index (χ1v) is 3.85. The maximum atomic E-state index is 4.99. The third kappa shape index (κ3) is 10.1. The van der Waals surface area contributed by atoms with Crippen molar-refractivity contribution in [3.63, 3.8) is 0 Å². The van der Waals surface area contributed by atoms with Crippen LogP contribution in [0.25, 0.3) is 0 Å². The molecule has 0 rings (SSSR count). The molecule has 0 aromatic carbocycles. The van der Waals surface area contributed by atoms with Crippen LogP contribution < -0.4 is 11.3 Å². The van der Waals surface area contributed by atoms with Crippen molar-refractivity contribution in [2.75, 3.05) is 6.61 Å². The molecular weight excluding hydrogens is 228 g/mol. The molecule has 0 amide bonds. The van der Waals surface area contributed by atoms with Gasteiger partial charge in [-0.3, -0.25) is 5.43 Å². The summed E-state index contributed by atoms with van der Waals surface area (Å²) in [6.07, 6.45) is 3.40. The molecule has 3 nitrogen and oxygen atoms in total. The van der Waals surface area contributed by atoms with E-state index in [0.717, 1.165) is 6.42 Å². The summed E-state index contributed by atoms with van der Waals surface area (Å²) in [5.41, 5.74) is 2.25. The number of halogens is 1. The molecule has 3 N–H and O–H groups in total. The van der Waals surface area contributed by atoms with Gasteiger partial charge >= 0.3 is 0 Å². The third-order valence-electron chi connectivity index (χ3n) is 1.10. The summed E-state index contributed by atoms with van der Waals surface area (Å²) >= 11 is 4.65. The summed E-state index contributed by atoms with van der Waals surface area (Å²) < 4.78 is 4.99. The first kappa shape index (κ1) is 13.7. The highest BCUT2D eigenvalue weighted by molar-refractivity contribution is 8.93. The van der Waals surface area contributed by atoms with Crippen molar-refractivity contribution in [3.8, 4) is 0 Å². The van der Waals surface area contributed by atoms with Gasteiger partial charge < -0.3 is 4.74 Å². The molecule has 68 valence electrons. The van der Waals surface area contributed by atoms with Crippen molar-refractivity contribution in [3.05, 3.63) is 0 Å². The molecule has 0 bridgehead atoms. The highest BCUT2D eigenvalue weighted by Crippen LogP contribution is 1.93. The quantitative estimate of drug-likeness (QED) is 0.340. The van der Waals surface area contributed by atoms with Crippen molar-refractivity contribution in [2.24, 2.45) is 5.84 Å². The van der Waals surface area contributed by atoms with E-state index in [4.69, 9.17) is 10.6 Å². The first-order valence-electron chi connectivity index (χ1n) is 3.44.